The van der Waals surface area contributed by atoms with E-state index in [4.69, 9.17) is 9.72 Å². The van der Waals surface area contributed by atoms with Crippen molar-refractivity contribution in [2.24, 2.45) is 17.8 Å². The highest BCUT2D eigenvalue weighted by Crippen LogP contribution is 2.56. The van der Waals surface area contributed by atoms with Gasteiger partial charge in [0.25, 0.3) is 5.56 Å². The van der Waals surface area contributed by atoms with Crippen LogP contribution in [0.15, 0.2) is 77.6 Å². The summed E-state index contributed by atoms with van der Waals surface area (Å²) in [6, 6.07) is 20.7. The number of esters is 1. The van der Waals surface area contributed by atoms with E-state index in [-0.39, 0.29) is 34.7 Å². The molecule has 3 aliphatic heterocycles. The molecule has 1 spiro atoms. The molecule has 0 unspecified atom stereocenters. The number of fused-ring (bicyclic) bond motifs is 8. The maximum absolute atomic E-state index is 14.6. The summed E-state index contributed by atoms with van der Waals surface area (Å²) in [4.78, 5) is 61.7. The van der Waals surface area contributed by atoms with Crippen molar-refractivity contribution < 1.29 is 19.1 Å². The number of imide groups is 1. The summed E-state index contributed by atoms with van der Waals surface area (Å²) in [5.41, 5.74) is 0.743. The standard InChI is InChI=1S/C32H28N4O5/c1-17(2)16-22-25-26(29(39)35(28(25)38)23-14-8-5-11-19(23)30(40)41-3)32(34-22)20-12-6-9-15-24(20)36-27(37)18-10-4-7-13-21(18)33-31(32)36/h4-15,17,22,25-26,34H,16H2,1-3H3/t22-,25-,26-,32+/m1/s1. The molecule has 0 bridgehead atoms. The van der Waals surface area contributed by atoms with Crippen LogP contribution < -0.4 is 15.8 Å². The van der Waals surface area contributed by atoms with Crippen LogP contribution in [0.2, 0.25) is 0 Å². The van der Waals surface area contributed by atoms with E-state index in [0.29, 0.717) is 28.8 Å². The number of nitrogens with zero attached hydrogens (tertiary/aromatic N) is 3. The van der Waals surface area contributed by atoms with Gasteiger partial charge in [-0.05, 0) is 42.7 Å². The zero-order valence-corrected chi connectivity index (χ0v) is 22.8. The predicted octanol–water partition coefficient (Wildman–Crippen LogP) is 3.55. The number of amides is 2. The largest absolute Gasteiger partial charge is 0.465 e. The van der Waals surface area contributed by atoms with Crippen LogP contribution in [-0.2, 0) is 19.9 Å². The maximum Gasteiger partial charge on any atom is 0.339 e. The number of anilines is 1. The second kappa shape index (κ2) is 8.94. The second-order valence-electron chi connectivity index (χ2n) is 11.3. The lowest BCUT2D eigenvalue weighted by Gasteiger charge is -2.32. The average Bonchev–Trinajstić information content (AvgIpc) is 3.55. The van der Waals surface area contributed by atoms with E-state index >= 15 is 0 Å². The number of carbonyl (C=O) groups is 3. The highest BCUT2D eigenvalue weighted by atomic mass is 16.5. The van der Waals surface area contributed by atoms with Crippen LogP contribution in [0.25, 0.3) is 16.6 Å². The molecule has 9 heteroatoms. The minimum Gasteiger partial charge on any atom is -0.465 e. The summed E-state index contributed by atoms with van der Waals surface area (Å²) in [7, 11) is 1.26. The Morgan fingerprint density at radius 2 is 1.63 bits per heavy atom. The molecule has 206 valence electrons. The first-order chi connectivity index (χ1) is 19.8. The highest BCUT2D eigenvalue weighted by molar-refractivity contribution is 6.25. The highest BCUT2D eigenvalue weighted by Gasteiger charge is 2.69. The molecule has 41 heavy (non-hydrogen) atoms. The number of hydrogen-bond donors (Lipinski definition) is 1. The van der Waals surface area contributed by atoms with Gasteiger partial charge in [-0.2, -0.15) is 0 Å². The number of rotatable bonds is 4. The van der Waals surface area contributed by atoms with Crippen LogP contribution >= 0.6 is 0 Å². The monoisotopic (exact) mass is 548 g/mol. The molecule has 9 nitrogen and oxygen atoms in total. The van der Waals surface area contributed by atoms with Crippen LogP contribution in [0.5, 0.6) is 0 Å². The van der Waals surface area contributed by atoms with Crippen molar-refractivity contribution in [3.8, 4) is 5.69 Å². The van der Waals surface area contributed by atoms with Crippen molar-refractivity contribution in [2.45, 2.75) is 31.8 Å². The van der Waals surface area contributed by atoms with E-state index in [2.05, 4.69) is 19.2 Å². The van der Waals surface area contributed by atoms with Crippen molar-refractivity contribution in [3.63, 3.8) is 0 Å². The third-order valence-corrected chi connectivity index (χ3v) is 8.64. The second-order valence-corrected chi connectivity index (χ2v) is 11.3. The fourth-order valence-electron chi connectivity index (χ4n) is 7.12. The Labute approximate surface area is 235 Å². The van der Waals surface area contributed by atoms with E-state index in [1.165, 1.54) is 7.11 Å². The van der Waals surface area contributed by atoms with Gasteiger partial charge in [0.05, 0.1) is 46.8 Å². The van der Waals surface area contributed by atoms with Gasteiger partial charge in [0, 0.05) is 11.6 Å². The molecule has 3 aliphatic rings. The van der Waals surface area contributed by atoms with Gasteiger partial charge in [-0.3, -0.25) is 24.3 Å². The zero-order chi connectivity index (χ0) is 28.6. The van der Waals surface area contributed by atoms with E-state index in [1.54, 1.807) is 47.0 Å². The topological polar surface area (TPSA) is 111 Å². The Bertz CT molecular complexity index is 1850. The van der Waals surface area contributed by atoms with Crippen LogP contribution in [-0.4, -0.2) is 40.5 Å². The number of hydrogen-bond acceptors (Lipinski definition) is 7. The van der Waals surface area contributed by atoms with Crippen LogP contribution in [0.3, 0.4) is 0 Å². The minimum absolute atomic E-state index is 0.131. The molecule has 2 amide bonds. The quantitative estimate of drug-likeness (QED) is 0.307. The molecule has 1 aromatic heterocycles. The molecule has 4 atom stereocenters. The van der Waals surface area contributed by atoms with E-state index in [1.807, 2.05) is 30.3 Å². The molecule has 2 saturated heterocycles. The first kappa shape index (κ1) is 25.3. The first-order valence-corrected chi connectivity index (χ1v) is 13.7. The molecule has 4 aromatic rings. The van der Waals surface area contributed by atoms with Gasteiger partial charge >= 0.3 is 5.97 Å². The van der Waals surface area contributed by atoms with Gasteiger partial charge in [0.1, 0.15) is 11.4 Å². The fourth-order valence-corrected chi connectivity index (χ4v) is 7.12. The van der Waals surface area contributed by atoms with Crippen LogP contribution in [0.1, 0.15) is 42.0 Å². The molecule has 2 fully saturated rings. The maximum atomic E-state index is 14.6. The molecule has 0 radical (unpaired) electrons. The number of aromatic nitrogens is 2. The van der Waals surface area contributed by atoms with Gasteiger partial charge < -0.3 is 4.74 Å². The van der Waals surface area contributed by atoms with Crippen molar-refractivity contribution in [1.82, 2.24) is 14.9 Å². The Hall–Kier alpha value is -4.63. The fraction of sp³-hybridized carbons (Fsp3) is 0.281. The van der Waals surface area contributed by atoms with E-state index < -0.39 is 29.3 Å². The Kier molecular flexibility index (Phi) is 5.53. The van der Waals surface area contributed by atoms with Crippen LogP contribution in [0.4, 0.5) is 5.69 Å². The van der Waals surface area contributed by atoms with Crippen LogP contribution in [0, 0.1) is 17.8 Å². The third-order valence-electron chi connectivity index (χ3n) is 8.64. The summed E-state index contributed by atoms with van der Waals surface area (Å²) in [6.45, 7) is 4.14. The number of carbonyl (C=O) groups excluding carboxylic acids is 3. The minimum atomic E-state index is -1.23. The summed E-state index contributed by atoms with van der Waals surface area (Å²) >= 11 is 0. The molecular formula is C32H28N4O5. The van der Waals surface area contributed by atoms with E-state index in [0.717, 1.165) is 10.5 Å². The Morgan fingerprint density at radius 3 is 2.39 bits per heavy atom. The molecule has 7 rings (SSSR count). The third kappa shape index (κ3) is 3.29. The Morgan fingerprint density at radius 1 is 0.951 bits per heavy atom. The number of methoxy groups -OCH3 is 1. The average molecular weight is 549 g/mol. The smallest absolute Gasteiger partial charge is 0.339 e. The number of nitrogens with one attached hydrogen (secondary N) is 1. The molecule has 4 heterocycles. The Balaban J connectivity index is 1.51. The lowest BCUT2D eigenvalue weighted by molar-refractivity contribution is -0.123. The van der Waals surface area contributed by atoms with Gasteiger partial charge in [0.2, 0.25) is 11.8 Å². The summed E-state index contributed by atoms with van der Waals surface area (Å²) < 4.78 is 6.55. The first-order valence-electron chi connectivity index (χ1n) is 13.7. The lowest BCUT2D eigenvalue weighted by Crippen LogP contribution is -2.50. The van der Waals surface area contributed by atoms with E-state index in [9.17, 15) is 19.2 Å². The zero-order valence-electron chi connectivity index (χ0n) is 22.8. The molecule has 3 aromatic carbocycles. The summed E-state index contributed by atoms with van der Waals surface area (Å²) in [5.74, 6) is -2.49. The van der Waals surface area contributed by atoms with Gasteiger partial charge in [-0.15, -0.1) is 0 Å². The molecule has 1 N–H and O–H groups in total. The molecule has 0 aliphatic carbocycles. The van der Waals surface area contributed by atoms with Gasteiger partial charge in [-0.1, -0.05) is 56.3 Å². The SMILES string of the molecule is COC(=O)c1ccccc1N1C(=O)[C@@H]2[C@@H](CC(C)C)N[C@@]3(c4ccccc4-n4c3nc3ccccc3c4=O)[C@H]2C1=O. The lowest BCUT2D eigenvalue weighted by atomic mass is 9.75. The van der Waals surface area contributed by atoms with Crippen molar-refractivity contribution in [1.29, 1.82) is 0 Å². The summed E-state index contributed by atoms with van der Waals surface area (Å²) in [5, 5.41) is 4.17. The van der Waals surface area contributed by atoms with Crippen molar-refractivity contribution >= 4 is 34.4 Å². The number of benzene rings is 3. The number of ether oxygens (including phenoxy) is 1. The number of para-hydroxylation sites is 3. The molecular weight excluding hydrogens is 520 g/mol. The summed E-state index contributed by atoms with van der Waals surface area (Å²) in [6.07, 6.45) is 0.619. The van der Waals surface area contributed by atoms with Gasteiger partial charge in [-0.25, -0.2) is 14.7 Å². The predicted molar refractivity (Wildman–Crippen MR) is 152 cm³/mol. The normalized spacial score (nSPS) is 24.3. The van der Waals surface area contributed by atoms with Crippen molar-refractivity contribution in [3.05, 3.63) is 100 Å². The van der Waals surface area contributed by atoms with Crippen molar-refractivity contribution in [2.75, 3.05) is 12.0 Å². The molecule has 0 saturated carbocycles. The van der Waals surface area contributed by atoms with Gasteiger partial charge in [0.15, 0.2) is 0 Å².